The van der Waals surface area contributed by atoms with Crippen molar-refractivity contribution in [3.8, 4) is 0 Å². The van der Waals surface area contributed by atoms with Crippen LogP contribution in [0.1, 0.15) is 30.9 Å². The Bertz CT molecular complexity index is 1190. The van der Waals surface area contributed by atoms with Crippen molar-refractivity contribution in [1.29, 1.82) is 0 Å². The molecule has 0 saturated heterocycles. The van der Waals surface area contributed by atoms with Crippen molar-refractivity contribution in [1.82, 2.24) is 9.13 Å². The van der Waals surface area contributed by atoms with Gasteiger partial charge in [-0.1, -0.05) is 23.7 Å². The third-order valence-electron chi connectivity index (χ3n) is 4.97. The number of esters is 2. The van der Waals surface area contributed by atoms with Crippen molar-refractivity contribution in [3.63, 3.8) is 0 Å². The van der Waals surface area contributed by atoms with E-state index in [0.29, 0.717) is 10.6 Å². The number of aromatic nitrogens is 2. The zero-order valence-electron chi connectivity index (χ0n) is 17.5. The topological polar surface area (TPSA) is 109 Å². The molecule has 2 aromatic rings. The van der Waals surface area contributed by atoms with E-state index in [1.165, 1.54) is 18.7 Å². The summed E-state index contributed by atoms with van der Waals surface area (Å²) in [6.45, 7) is 3.38. The summed E-state index contributed by atoms with van der Waals surface area (Å²) in [7, 11) is 2.81. The molecule has 1 aromatic carbocycles. The second-order valence-electron chi connectivity index (χ2n) is 6.81. The molecule has 1 aliphatic heterocycles. The Hall–Kier alpha value is -3.33. The molecule has 2 heterocycles. The average molecular weight is 448 g/mol. The minimum Gasteiger partial charge on any atom is -0.463 e. The number of anilines is 1. The lowest BCUT2D eigenvalue weighted by molar-refractivity contribution is -0.142. The smallest absolute Gasteiger partial charge is 0.355 e. The van der Waals surface area contributed by atoms with Gasteiger partial charge in [-0.3, -0.25) is 13.9 Å². The summed E-state index contributed by atoms with van der Waals surface area (Å²) in [5.74, 6) is -2.47. The molecule has 1 N–H and O–H groups in total. The second kappa shape index (κ2) is 8.81. The van der Waals surface area contributed by atoms with Crippen LogP contribution in [0.4, 0.5) is 5.82 Å². The number of carbonyl (C=O) groups is 2. The number of halogens is 1. The van der Waals surface area contributed by atoms with Gasteiger partial charge < -0.3 is 14.8 Å². The van der Waals surface area contributed by atoms with Gasteiger partial charge in [0.15, 0.2) is 0 Å². The maximum absolute atomic E-state index is 13.2. The third-order valence-corrected chi connectivity index (χ3v) is 5.22. The van der Waals surface area contributed by atoms with Gasteiger partial charge >= 0.3 is 17.6 Å². The molecular formula is C21H22ClN3O6. The molecule has 31 heavy (non-hydrogen) atoms. The number of nitrogens with zero attached hydrogens (tertiary/aromatic N) is 2. The summed E-state index contributed by atoms with van der Waals surface area (Å²) < 4.78 is 12.5. The molecule has 0 spiro atoms. The fourth-order valence-corrected chi connectivity index (χ4v) is 3.66. The number of nitrogens with one attached hydrogen (secondary N) is 1. The Morgan fingerprint density at radius 1 is 1.00 bits per heavy atom. The maximum atomic E-state index is 13.2. The molecular weight excluding hydrogens is 426 g/mol. The minimum absolute atomic E-state index is 0.0594. The van der Waals surface area contributed by atoms with Crippen LogP contribution >= 0.6 is 11.6 Å². The van der Waals surface area contributed by atoms with Gasteiger partial charge in [-0.2, -0.15) is 0 Å². The van der Waals surface area contributed by atoms with E-state index in [1.54, 1.807) is 38.1 Å². The SMILES string of the molecule is CCOC(=O)C1=C(C(=O)OCC)C(c2ccc(Cl)cc2)c2c(n(C)c(=O)n(C)c2=O)N1. The van der Waals surface area contributed by atoms with Crippen LogP contribution in [0.3, 0.4) is 0 Å². The van der Waals surface area contributed by atoms with Crippen LogP contribution in [0, 0.1) is 0 Å². The summed E-state index contributed by atoms with van der Waals surface area (Å²) in [6, 6.07) is 6.51. The quantitative estimate of drug-likeness (QED) is 0.694. The first-order valence-corrected chi connectivity index (χ1v) is 10.0. The van der Waals surface area contributed by atoms with Crippen LogP contribution < -0.4 is 16.6 Å². The third kappa shape index (κ3) is 3.88. The Balaban J connectivity index is 2.43. The van der Waals surface area contributed by atoms with E-state index >= 15 is 0 Å². The first-order chi connectivity index (χ1) is 14.7. The monoisotopic (exact) mass is 447 g/mol. The molecule has 1 atom stereocenters. The number of hydrogen-bond donors (Lipinski definition) is 1. The predicted molar refractivity (Wildman–Crippen MR) is 114 cm³/mol. The highest BCUT2D eigenvalue weighted by molar-refractivity contribution is 6.30. The Labute approximate surface area is 182 Å². The second-order valence-corrected chi connectivity index (χ2v) is 7.24. The minimum atomic E-state index is -0.988. The number of rotatable bonds is 5. The Morgan fingerprint density at radius 3 is 2.16 bits per heavy atom. The largest absolute Gasteiger partial charge is 0.463 e. The van der Waals surface area contributed by atoms with Crippen molar-refractivity contribution >= 4 is 29.4 Å². The van der Waals surface area contributed by atoms with Gasteiger partial charge in [0.2, 0.25) is 0 Å². The number of fused-ring (bicyclic) bond motifs is 1. The normalized spacial score (nSPS) is 15.2. The van der Waals surface area contributed by atoms with Crippen molar-refractivity contribution in [2.75, 3.05) is 18.5 Å². The van der Waals surface area contributed by atoms with Crippen LogP contribution in [0.5, 0.6) is 0 Å². The number of carbonyl (C=O) groups excluding carboxylic acids is 2. The lowest BCUT2D eigenvalue weighted by atomic mass is 9.82. The van der Waals surface area contributed by atoms with E-state index in [0.717, 1.165) is 4.57 Å². The van der Waals surface area contributed by atoms with Gasteiger partial charge in [0.25, 0.3) is 5.56 Å². The van der Waals surface area contributed by atoms with E-state index in [1.807, 2.05) is 0 Å². The van der Waals surface area contributed by atoms with Crippen LogP contribution in [0.2, 0.25) is 5.02 Å². The lowest BCUT2D eigenvalue weighted by Gasteiger charge is -2.31. The van der Waals surface area contributed by atoms with Crippen LogP contribution in [-0.4, -0.2) is 34.3 Å². The number of ether oxygens (including phenoxy) is 2. The molecule has 1 unspecified atom stereocenters. The molecule has 164 valence electrons. The van der Waals surface area contributed by atoms with E-state index < -0.39 is 29.1 Å². The molecule has 3 rings (SSSR count). The van der Waals surface area contributed by atoms with Gasteiger partial charge in [0.05, 0.1) is 30.3 Å². The first-order valence-electron chi connectivity index (χ1n) is 9.63. The fraction of sp³-hybridized carbons (Fsp3) is 0.333. The highest BCUT2D eigenvalue weighted by atomic mass is 35.5. The van der Waals surface area contributed by atoms with E-state index in [4.69, 9.17) is 21.1 Å². The van der Waals surface area contributed by atoms with Gasteiger partial charge in [-0.15, -0.1) is 0 Å². The van der Waals surface area contributed by atoms with Gasteiger partial charge in [-0.05, 0) is 31.5 Å². The average Bonchev–Trinajstić information content (AvgIpc) is 2.75. The van der Waals surface area contributed by atoms with E-state index in [9.17, 15) is 19.2 Å². The number of benzene rings is 1. The Kier molecular flexibility index (Phi) is 6.35. The van der Waals surface area contributed by atoms with Gasteiger partial charge in [-0.25, -0.2) is 14.4 Å². The molecule has 1 aromatic heterocycles. The molecule has 1 aliphatic rings. The van der Waals surface area contributed by atoms with Crippen molar-refractivity contribution in [2.45, 2.75) is 19.8 Å². The molecule has 9 nitrogen and oxygen atoms in total. The lowest BCUT2D eigenvalue weighted by Crippen LogP contribution is -2.44. The van der Waals surface area contributed by atoms with Crippen LogP contribution in [0.15, 0.2) is 45.1 Å². The molecule has 0 radical (unpaired) electrons. The molecule has 0 bridgehead atoms. The van der Waals surface area contributed by atoms with Crippen LogP contribution in [0.25, 0.3) is 0 Å². The summed E-state index contributed by atoms with van der Waals surface area (Å²) in [5, 5.41) is 3.24. The maximum Gasteiger partial charge on any atom is 0.355 e. The van der Waals surface area contributed by atoms with Gasteiger partial charge in [0.1, 0.15) is 11.5 Å². The summed E-state index contributed by atoms with van der Waals surface area (Å²) >= 11 is 6.02. The first kappa shape index (κ1) is 22.4. The highest BCUT2D eigenvalue weighted by Crippen LogP contribution is 2.40. The van der Waals surface area contributed by atoms with E-state index in [2.05, 4.69) is 5.32 Å². The zero-order chi connectivity index (χ0) is 22.9. The summed E-state index contributed by atoms with van der Waals surface area (Å²) in [5.41, 5.74) is -0.804. The van der Waals surface area contributed by atoms with Crippen molar-refractivity contribution < 1.29 is 19.1 Å². The van der Waals surface area contributed by atoms with E-state index in [-0.39, 0.29) is 35.9 Å². The summed E-state index contributed by atoms with van der Waals surface area (Å²) in [6.07, 6.45) is 0. The highest BCUT2D eigenvalue weighted by Gasteiger charge is 2.40. The van der Waals surface area contributed by atoms with Crippen molar-refractivity contribution in [2.24, 2.45) is 14.1 Å². The zero-order valence-corrected chi connectivity index (χ0v) is 18.3. The molecule has 10 heteroatoms. The van der Waals surface area contributed by atoms with Crippen LogP contribution in [-0.2, 0) is 33.2 Å². The van der Waals surface area contributed by atoms with Gasteiger partial charge in [0, 0.05) is 19.1 Å². The molecule has 0 aliphatic carbocycles. The fourth-order valence-electron chi connectivity index (χ4n) is 3.54. The predicted octanol–water partition coefficient (Wildman–Crippen LogP) is 1.68. The molecule has 0 saturated carbocycles. The molecule has 0 fully saturated rings. The summed E-state index contributed by atoms with van der Waals surface area (Å²) in [4.78, 5) is 51.4. The number of hydrogen-bond acceptors (Lipinski definition) is 7. The standard InChI is InChI=1S/C21H22ClN3O6/c1-5-30-19(27)14-13(11-7-9-12(22)10-8-11)15-17(23-16(14)20(28)31-6-2)24(3)21(29)25(4)18(15)26/h7-10,13,23H,5-6H2,1-4H3. The van der Waals surface area contributed by atoms with Crippen molar-refractivity contribution in [3.05, 3.63) is 72.5 Å². The molecule has 0 amide bonds. The Morgan fingerprint density at radius 2 is 1.58 bits per heavy atom.